The molecule has 0 amide bonds. The van der Waals surface area contributed by atoms with Crippen LogP contribution in [0, 0.1) is 0 Å². The van der Waals surface area contributed by atoms with E-state index < -0.39 is 36.2 Å². The lowest BCUT2D eigenvalue weighted by molar-refractivity contribution is -0.0197. The third-order valence-corrected chi connectivity index (χ3v) is 14.1. The Hall–Kier alpha value is -9.34. The second-order valence-corrected chi connectivity index (χ2v) is 18.1. The maximum atomic E-state index is 15.3. The maximum Gasteiger partial charge on any atom is 0.338 e. The molecule has 0 fully saturated rings. The van der Waals surface area contributed by atoms with Crippen LogP contribution in [0.15, 0.2) is 66.7 Å². The van der Waals surface area contributed by atoms with Gasteiger partial charge in [-0.2, -0.15) is 0 Å². The highest BCUT2D eigenvalue weighted by Crippen LogP contribution is 2.55. The predicted molar refractivity (Wildman–Crippen MR) is 301 cm³/mol. The van der Waals surface area contributed by atoms with Crippen LogP contribution in [0.2, 0.25) is 0 Å². The van der Waals surface area contributed by atoms with Crippen LogP contribution in [0.3, 0.4) is 0 Å². The lowest BCUT2D eigenvalue weighted by Gasteiger charge is -2.38. The highest BCUT2D eigenvalue weighted by Gasteiger charge is 2.44. The van der Waals surface area contributed by atoms with Crippen LogP contribution >= 0.6 is 0 Å². The summed E-state index contributed by atoms with van der Waals surface area (Å²) in [6.07, 6.45) is -3.85. The fourth-order valence-corrected chi connectivity index (χ4v) is 10.2. The SMILES string of the molecule is COc1cc(OC)c(C[C@@H](OC(=O)c2cc(OC)c(OC)c(OC)c2)[C@H](c2cc(OC)c(OC)c(OC)c2)c2c(OC)cc(OC)c3c2O[C@H](c2cc(OC)c(OC)c(OC)c2)[C@H](OC(=O)c2cc(OC)c(OC)c(OC)c2)C3)c(OC)c1. The Bertz CT molecular complexity index is 3160. The molecule has 0 spiro atoms. The number of hydrogen-bond donors (Lipinski definition) is 0. The molecular weight excluding hydrogens is 1080 g/mol. The van der Waals surface area contributed by atoms with Crippen LogP contribution in [0.25, 0.3) is 0 Å². The van der Waals surface area contributed by atoms with E-state index in [1.165, 1.54) is 145 Å². The van der Waals surface area contributed by atoms with Crippen LogP contribution in [-0.4, -0.2) is 145 Å². The first-order valence-corrected chi connectivity index (χ1v) is 25.5. The highest BCUT2D eigenvalue weighted by molar-refractivity contribution is 5.92. The van der Waals surface area contributed by atoms with Crippen molar-refractivity contribution >= 4 is 11.9 Å². The van der Waals surface area contributed by atoms with Gasteiger partial charge in [0.15, 0.2) is 52.1 Å². The normalized spacial score (nSPS) is 13.9. The third-order valence-electron chi connectivity index (χ3n) is 14.1. The molecule has 446 valence electrons. The average molecular weight is 1160 g/mol. The number of carbonyl (C=O) groups is 2. The Morgan fingerprint density at radius 2 is 0.807 bits per heavy atom. The van der Waals surface area contributed by atoms with Crippen molar-refractivity contribution in [2.24, 2.45) is 0 Å². The van der Waals surface area contributed by atoms with Crippen molar-refractivity contribution in [1.82, 2.24) is 0 Å². The van der Waals surface area contributed by atoms with Gasteiger partial charge < -0.3 is 94.7 Å². The van der Waals surface area contributed by atoms with Gasteiger partial charge in [0.25, 0.3) is 0 Å². The molecule has 0 saturated carbocycles. The number of esters is 2. The van der Waals surface area contributed by atoms with Gasteiger partial charge in [0.1, 0.15) is 46.7 Å². The molecule has 0 unspecified atom stereocenters. The van der Waals surface area contributed by atoms with Gasteiger partial charge in [-0.1, -0.05) is 0 Å². The molecule has 0 bridgehead atoms. The van der Waals surface area contributed by atoms with Gasteiger partial charge in [-0.05, 0) is 54.1 Å². The third kappa shape index (κ3) is 12.2. The van der Waals surface area contributed by atoms with E-state index in [-0.39, 0.29) is 110 Å². The number of fused-ring (bicyclic) bond motifs is 1. The van der Waals surface area contributed by atoms with Crippen LogP contribution in [0.1, 0.15) is 60.6 Å². The van der Waals surface area contributed by atoms with Crippen LogP contribution in [0.4, 0.5) is 0 Å². The van der Waals surface area contributed by atoms with Gasteiger partial charge in [-0.25, -0.2) is 9.59 Å². The van der Waals surface area contributed by atoms with Gasteiger partial charge in [0, 0.05) is 53.3 Å². The molecule has 0 aromatic heterocycles. The zero-order valence-electron chi connectivity index (χ0n) is 49.6. The van der Waals surface area contributed by atoms with E-state index in [2.05, 4.69) is 0 Å². The molecule has 22 nitrogen and oxygen atoms in total. The summed E-state index contributed by atoms with van der Waals surface area (Å²) in [5.41, 5.74) is 2.15. The summed E-state index contributed by atoms with van der Waals surface area (Å²) in [6, 6.07) is 17.8. The molecule has 0 saturated heterocycles. The van der Waals surface area contributed by atoms with Crippen molar-refractivity contribution in [2.45, 2.75) is 37.1 Å². The number of carbonyl (C=O) groups excluding carboxylic acids is 2. The van der Waals surface area contributed by atoms with Crippen molar-refractivity contribution in [3.63, 3.8) is 0 Å². The van der Waals surface area contributed by atoms with E-state index in [1.54, 1.807) is 42.5 Å². The first kappa shape index (κ1) is 61.3. The number of methoxy groups -OCH3 is 17. The summed E-state index contributed by atoms with van der Waals surface area (Å²) in [6.45, 7) is 0. The second kappa shape index (κ2) is 27.4. The number of benzene rings is 6. The van der Waals surface area contributed by atoms with Gasteiger partial charge in [-0.3, -0.25) is 0 Å². The van der Waals surface area contributed by atoms with Crippen molar-refractivity contribution < 1.29 is 104 Å². The Labute approximate surface area is 481 Å². The molecule has 0 aliphatic carbocycles. The summed E-state index contributed by atoms with van der Waals surface area (Å²) in [5, 5.41) is 0. The molecule has 22 heteroatoms. The lowest BCUT2D eigenvalue weighted by atomic mass is 9.80. The monoisotopic (exact) mass is 1150 g/mol. The number of ether oxygens (including phenoxy) is 20. The number of rotatable bonds is 27. The van der Waals surface area contributed by atoms with Crippen LogP contribution in [-0.2, 0) is 22.3 Å². The fourth-order valence-electron chi connectivity index (χ4n) is 10.2. The first-order valence-electron chi connectivity index (χ1n) is 25.5. The quantitative estimate of drug-likeness (QED) is 0.0439. The van der Waals surface area contributed by atoms with Crippen LogP contribution < -0.4 is 85.3 Å². The molecule has 1 heterocycles. The molecule has 6 aromatic rings. The molecule has 0 radical (unpaired) electrons. The topological polar surface area (TPSA) is 219 Å². The predicted octanol–water partition coefficient (Wildman–Crippen LogP) is 9.33. The Morgan fingerprint density at radius 3 is 1.19 bits per heavy atom. The number of hydrogen-bond acceptors (Lipinski definition) is 22. The summed E-state index contributed by atoms with van der Waals surface area (Å²) in [5.74, 6) is 1.89. The molecule has 7 rings (SSSR count). The molecular formula is C61H70O22. The average Bonchev–Trinajstić information content (AvgIpc) is 3.51. The highest BCUT2D eigenvalue weighted by atomic mass is 16.6. The summed E-state index contributed by atoms with van der Waals surface area (Å²) in [4.78, 5) is 30.1. The summed E-state index contributed by atoms with van der Waals surface area (Å²) in [7, 11) is 25.0. The van der Waals surface area contributed by atoms with E-state index in [1.807, 2.05) is 0 Å². The Morgan fingerprint density at radius 1 is 0.422 bits per heavy atom. The first-order chi connectivity index (χ1) is 40.2. The summed E-state index contributed by atoms with van der Waals surface area (Å²) >= 11 is 0. The smallest absolute Gasteiger partial charge is 0.338 e. The van der Waals surface area contributed by atoms with E-state index >= 15 is 4.79 Å². The molecule has 4 atom stereocenters. The van der Waals surface area contributed by atoms with Gasteiger partial charge in [0.2, 0.25) is 23.0 Å². The largest absolute Gasteiger partial charge is 0.496 e. The van der Waals surface area contributed by atoms with Crippen molar-refractivity contribution in [2.75, 3.05) is 121 Å². The lowest BCUT2D eigenvalue weighted by Crippen LogP contribution is -2.36. The minimum absolute atomic E-state index is 0.0287. The molecule has 1 aliphatic rings. The molecule has 1 aliphatic heterocycles. The van der Waals surface area contributed by atoms with Crippen molar-refractivity contribution in [3.8, 4) is 103 Å². The van der Waals surface area contributed by atoms with Gasteiger partial charge >= 0.3 is 11.9 Å². The van der Waals surface area contributed by atoms with E-state index in [9.17, 15) is 4.79 Å². The van der Waals surface area contributed by atoms with E-state index in [0.29, 0.717) is 45.1 Å². The van der Waals surface area contributed by atoms with Gasteiger partial charge in [-0.15, -0.1) is 0 Å². The standard InChI is InChI=1S/C61H70O22/c1-64-35-26-38(65-2)36(39(27-35)66-3)28-42(81-60(62)33-22-47(73-10)58(79-16)48(23-33)74-11)52(31-18-43(69-6)56(77-14)44(19-31)70-7)53-41(68-5)30-40(67-4)37-29-51(82-61(63)34-24-49(75-12)59(80-17)50(25-34)76-13)54(83-55(37)53)32-20-45(71-8)57(78-15)46(21-32)72-9/h18-27,30,42,51-52,54H,28-29H2,1-17H3/t42-,51-,52+,54-/m1/s1. The minimum atomic E-state index is -1.31. The summed E-state index contributed by atoms with van der Waals surface area (Å²) < 4.78 is 120. The maximum absolute atomic E-state index is 15.3. The fraction of sp³-hybridized carbons (Fsp3) is 0.377. The minimum Gasteiger partial charge on any atom is -0.496 e. The van der Waals surface area contributed by atoms with E-state index in [4.69, 9.17) is 94.7 Å². The van der Waals surface area contributed by atoms with Crippen LogP contribution in [0.5, 0.6) is 103 Å². The van der Waals surface area contributed by atoms with Crippen molar-refractivity contribution in [3.05, 3.63) is 106 Å². The second-order valence-electron chi connectivity index (χ2n) is 18.1. The van der Waals surface area contributed by atoms with Crippen molar-refractivity contribution in [1.29, 1.82) is 0 Å². The zero-order valence-corrected chi connectivity index (χ0v) is 49.6. The Kier molecular flexibility index (Phi) is 20.2. The molecule has 6 aromatic carbocycles. The zero-order chi connectivity index (χ0) is 60.2. The molecule has 0 N–H and O–H groups in total. The van der Waals surface area contributed by atoms with Gasteiger partial charge in [0.05, 0.1) is 138 Å². The molecule has 83 heavy (non-hydrogen) atoms. The van der Waals surface area contributed by atoms with E-state index in [0.717, 1.165) is 0 Å². The Balaban J connectivity index is 1.60.